The van der Waals surface area contributed by atoms with E-state index in [1.54, 1.807) is 19.9 Å². The second-order valence-electron chi connectivity index (χ2n) is 7.01. The van der Waals surface area contributed by atoms with Crippen LogP contribution in [0.5, 0.6) is 0 Å². The molecule has 0 radical (unpaired) electrons. The molecule has 2 aliphatic rings. The monoisotopic (exact) mass is 362 g/mol. The number of aldehydes is 1. The van der Waals surface area contributed by atoms with Crippen molar-refractivity contribution in [3.05, 3.63) is 35.5 Å². The zero-order valence-corrected chi connectivity index (χ0v) is 15.7. The van der Waals surface area contributed by atoms with Crippen LogP contribution in [-0.2, 0) is 28.6 Å². The predicted molar refractivity (Wildman–Crippen MR) is 95.2 cm³/mol. The van der Waals surface area contributed by atoms with Crippen LogP contribution in [0, 0.1) is 11.8 Å². The maximum atomic E-state index is 12.3. The lowest BCUT2D eigenvalue weighted by Crippen LogP contribution is -2.44. The maximum absolute atomic E-state index is 12.3. The van der Waals surface area contributed by atoms with Gasteiger partial charge in [-0.2, -0.15) is 0 Å². The summed E-state index contributed by atoms with van der Waals surface area (Å²) in [6, 6.07) is 0. The molecule has 0 aromatic heterocycles. The molecule has 142 valence electrons. The quantitative estimate of drug-likeness (QED) is 0.331. The highest BCUT2D eigenvalue weighted by Gasteiger charge is 2.48. The molecule has 1 fully saturated rings. The van der Waals surface area contributed by atoms with Gasteiger partial charge >= 0.3 is 11.9 Å². The van der Waals surface area contributed by atoms with E-state index in [0.29, 0.717) is 18.3 Å². The summed E-state index contributed by atoms with van der Waals surface area (Å²) in [7, 11) is 1.44. The Morgan fingerprint density at radius 3 is 2.69 bits per heavy atom. The van der Waals surface area contributed by atoms with Crippen molar-refractivity contribution in [2.24, 2.45) is 11.8 Å². The largest absolute Gasteiger partial charge is 0.458 e. The molecule has 0 unspecified atom stereocenters. The van der Waals surface area contributed by atoms with Crippen LogP contribution in [0.3, 0.4) is 0 Å². The molecule has 0 bridgehead atoms. The Morgan fingerprint density at radius 1 is 1.42 bits per heavy atom. The fourth-order valence-corrected chi connectivity index (χ4v) is 3.24. The number of rotatable bonds is 4. The van der Waals surface area contributed by atoms with E-state index in [1.807, 2.05) is 13.0 Å². The molecule has 4 atom stereocenters. The molecule has 26 heavy (non-hydrogen) atoms. The van der Waals surface area contributed by atoms with Crippen molar-refractivity contribution in [1.82, 2.24) is 0 Å². The molecule has 0 N–H and O–H groups in total. The molecule has 1 heterocycles. The Labute approximate surface area is 153 Å². The molecule has 0 aromatic rings. The topological polar surface area (TPSA) is 78.9 Å². The van der Waals surface area contributed by atoms with Crippen LogP contribution in [0.2, 0.25) is 0 Å². The number of fused-ring (bicyclic) bond motifs is 1. The highest BCUT2D eigenvalue weighted by molar-refractivity contribution is 5.91. The van der Waals surface area contributed by atoms with Gasteiger partial charge in [0.15, 0.2) is 0 Å². The number of hydrogen-bond acceptors (Lipinski definition) is 6. The Kier molecular flexibility index (Phi) is 6.53. The number of carbonyl (C=O) groups excluding carboxylic acids is 3. The van der Waals surface area contributed by atoms with E-state index >= 15 is 0 Å². The SMILES string of the molecule is C=C1C(=O)O[C@@H]2/C=C(\C)CC/C=C(/C=O)[C@H](OC)[C@@H](OC(=O)C(C)C)[C@H]12. The van der Waals surface area contributed by atoms with Crippen LogP contribution in [-0.4, -0.2) is 43.6 Å². The zero-order valence-electron chi connectivity index (χ0n) is 15.7. The number of esters is 2. The van der Waals surface area contributed by atoms with E-state index in [1.165, 1.54) is 7.11 Å². The van der Waals surface area contributed by atoms with Gasteiger partial charge in [-0.25, -0.2) is 4.79 Å². The van der Waals surface area contributed by atoms with E-state index in [2.05, 4.69) is 6.58 Å². The number of methoxy groups -OCH3 is 1. The summed E-state index contributed by atoms with van der Waals surface area (Å²) in [6.07, 6.45) is 3.41. The molecule has 1 aliphatic carbocycles. The second kappa shape index (κ2) is 8.45. The fourth-order valence-electron chi connectivity index (χ4n) is 3.24. The Morgan fingerprint density at radius 2 is 2.12 bits per heavy atom. The third kappa shape index (κ3) is 4.12. The summed E-state index contributed by atoms with van der Waals surface area (Å²) in [4.78, 5) is 36.1. The third-order valence-electron chi connectivity index (χ3n) is 4.72. The third-order valence-corrected chi connectivity index (χ3v) is 4.72. The summed E-state index contributed by atoms with van der Waals surface area (Å²) < 4.78 is 16.7. The number of ether oxygens (including phenoxy) is 3. The standard InChI is InChI=1S/C20H26O6/c1-11(2)19(22)26-18-16-13(4)20(23)25-15(16)9-12(3)7-6-8-14(10-21)17(18)24-5/h8-11,15-18H,4,6-7H2,1-3,5H3/b12-9+,14-8-/t15-,16-,17+,18+/m1/s1. The molecule has 1 aliphatic heterocycles. The maximum Gasteiger partial charge on any atom is 0.334 e. The fraction of sp³-hybridized carbons (Fsp3) is 0.550. The second-order valence-corrected chi connectivity index (χ2v) is 7.01. The highest BCUT2D eigenvalue weighted by Crippen LogP contribution is 2.37. The van der Waals surface area contributed by atoms with Crippen LogP contribution in [0.25, 0.3) is 0 Å². The molecular formula is C20H26O6. The molecule has 0 spiro atoms. The van der Waals surface area contributed by atoms with Gasteiger partial charge in [0, 0.05) is 18.3 Å². The Hall–Kier alpha value is -2.21. The van der Waals surface area contributed by atoms with Gasteiger partial charge in [0.2, 0.25) is 0 Å². The number of hydrogen-bond donors (Lipinski definition) is 0. The van der Waals surface area contributed by atoms with Gasteiger partial charge in [-0.3, -0.25) is 9.59 Å². The first-order chi connectivity index (χ1) is 12.3. The van der Waals surface area contributed by atoms with Crippen molar-refractivity contribution in [1.29, 1.82) is 0 Å². The minimum Gasteiger partial charge on any atom is -0.458 e. The van der Waals surface area contributed by atoms with Gasteiger partial charge in [-0.05, 0) is 25.8 Å². The molecule has 6 nitrogen and oxygen atoms in total. The predicted octanol–water partition coefficient (Wildman–Crippen LogP) is 2.53. The van der Waals surface area contributed by atoms with Crippen molar-refractivity contribution in [3.8, 4) is 0 Å². The van der Waals surface area contributed by atoms with Gasteiger partial charge < -0.3 is 14.2 Å². The van der Waals surface area contributed by atoms with Gasteiger partial charge in [0.25, 0.3) is 0 Å². The van der Waals surface area contributed by atoms with Crippen molar-refractivity contribution >= 4 is 18.2 Å². The van der Waals surface area contributed by atoms with E-state index in [0.717, 1.165) is 12.0 Å². The van der Waals surface area contributed by atoms with E-state index in [9.17, 15) is 14.4 Å². The first-order valence-corrected chi connectivity index (χ1v) is 8.75. The number of allylic oxidation sites excluding steroid dienone is 2. The molecule has 1 saturated heterocycles. The average Bonchev–Trinajstić information content (AvgIpc) is 2.86. The minimum absolute atomic E-state index is 0.216. The first kappa shape index (κ1) is 20.1. The normalized spacial score (nSPS) is 33.4. The summed E-state index contributed by atoms with van der Waals surface area (Å²) in [6.45, 7) is 9.20. The van der Waals surface area contributed by atoms with Crippen molar-refractivity contribution < 1.29 is 28.6 Å². The minimum atomic E-state index is -0.891. The van der Waals surface area contributed by atoms with Crippen LogP contribution in [0.15, 0.2) is 35.5 Å². The van der Waals surface area contributed by atoms with Gasteiger partial charge in [0.05, 0.1) is 11.8 Å². The van der Waals surface area contributed by atoms with Crippen LogP contribution < -0.4 is 0 Å². The smallest absolute Gasteiger partial charge is 0.334 e. The molecular weight excluding hydrogens is 336 g/mol. The Balaban J connectivity index is 2.55. The summed E-state index contributed by atoms with van der Waals surface area (Å²) in [5.41, 5.74) is 1.62. The lowest BCUT2D eigenvalue weighted by Gasteiger charge is -2.33. The van der Waals surface area contributed by atoms with Crippen LogP contribution in [0.4, 0.5) is 0 Å². The summed E-state index contributed by atoms with van der Waals surface area (Å²) >= 11 is 0. The molecule has 2 rings (SSSR count). The van der Waals surface area contributed by atoms with Gasteiger partial charge in [0.1, 0.15) is 24.6 Å². The lowest BCUT2D eigenvalue weighted by atomic mass is 9.83. The van der Waals surface area contributed by atoms with Gasteiger partial charge in [-0.1, -0.05) is 32.1 Å². The Bertz CT molecular complexity index is 657. The molecule has 0 amide bonds. The summed E-state index contributed by atoms with van der Waals surface area (Å²) in [5.74, 6) is -1.95. The van der Waals surface area contributed by atoms with E-state index in [4.69, 9.17) is 14.2 Å². The van der Waals surface area contributed by atoms with Crippen molar-refractivity contribution in [3.63, 3.8) is 0 Å². The van der Waals surface area contributed by atoms with Crippen LogP contribution >= 0.6 is 0 Å². The number of carbonyl (C=O) groups is 3. The molecule has 0 aromatic carbocycles. The molecule has 0 saturated carbocycles. The zero-order chi connectivity index (χ0) is 19.4. The summed E-state index contributed by atoms with van der Waals surface area (Å²) in [5, 5.41) is 0. The van der Waals surface area contributed by atoms with E-state index in [-0.39, 0.29) is 11.5 Å². The highest BCUT2D eigenvalue weighted by atomic mass is 16.6. The average molecular weight is 362 g/mol. The van der Waals surface area contributed by atoms with Crippen molar-refractivity contribution in [2.75, 3.05) is 7.11 Å². The van der Waals surface area contributed by atoms with E-state index < -0.39 is 36.2 Å². The first-order valence-electron chi connectivity index (χ1n) is 8.75. The van der Waals surface area contributed by atoms with Gasteiger partial charge in [-0.15, -0.1) is 0 Å². The molecule has 6 heteroatoms. The lowest BCUT2D eigenvalue weighted by molar-refractivity contribution is -0.163. The van der Waals surface area contributed by atoms with Crippen molar-refractivity contribution in [2.45, 2.75) is 51.9 Å². The van der Waals surface area contributed by atoms with Crippen LogP contribution in [0.1, 0.15) is 33.6 Å².